The van der Waals surface area contributed by atoms with Gasteiger partial charge < -0.3 is 14.6 Å². The number of hydrogen-bond acceptors (Lipinski definition) is 4. The molecule has 0 aliphatic carbocycles. The Morgan fingerprint density at radius 3 is 2.61 bits per heavy atom. The van der Waals surface area contributed by atoms with E-state index in [0.717, 1.165) is 5.56 Å². The molecule has 0 radical (unpaired) electrons. The Hall–Kier alpha value is -1.39. The van der Waals surface area contributed by atoms with Gasteiger partial charge in [-0.05, 0) is 19.4 Å². The Morgan fingerprint density at radius 1 is 1.33 bits per heavy atom. The van der Waals surface area contributed by atoms with Crippen LogP contribution in [0.3, 0.4) is 0 Å². The fraction of sp³-hybridized carbons (Fsp3) is 0.500. The summed E-state index contributed by atoms with van der Waals surface area (Å²) in [6.07, 6.45) is -0.0599. The molecule has 0 bridgehead atoms. The van der Waals surface area contributed by atoms with E-state index >= 15 is 0 Å². The number of esters is 1. The minimum absolute atomic E-state index is 0.0599. The van der Waals surface area contributed by atoms with Crippen LogP contribution in [0.15, 0.2) is 30.3 Å². The molecule has 100 valence electrons. The Labute approximate surface area is 108 Å². The third-order valence-corrected chi connectivity index (χ3v) is 2.36. The Kier molecular flexibility index (Phi) is 5.82. The first-order chi connectivity index (χ1) is 8.53. The topological polar surface area (TPSA) is 55.8 Å². The van der Waals surface area contributed by atoms with Crippen molar-refractivity contribution in [2.75, 3.05) is 13.2 Å². The lowest BCUT2D eigenvalue weighted by atomic mass is 10.0. The quantitative estimate of drug-likeness (QED) is 0.753. The number of carbonyl (C=O) groups is 1. The molecule has 0 amide bonds. The molecule has 0 spiro atoms. The van der Waals surface area contributed by atoms with Crippen molar-refractivity contribution in [3.8, 4) is 0 Å². The molecular formula is C14H20O4. The highest BCUT2D eigenvalue weighted by molar-refractivity contribution is 5.70. The highest BCUT2D eigenvalue weighted by Crippen LogP contribution is 2.12. The second-order valence-electron chi connectivity index (χ2n) is 4.46. The van der Waals surface area contributed by atoms with Gasteiger partial charge in [-0.2, -0.15) is 0 Å². The van der Waals surface area contributed by atoms with E-state index in [1.54, 1.807) is 13.8 Å². The summed E-state index contributed by atoms with van der Waals surface area (Å²) < 4.78 is 10.2. The molecule has 1 aromatic rings. The molecule has 0 fully saturated rings. The van der Waals surface area contributed by atoms with Gasteiger partial charge in [0.1, 0.15) is 0 Å². The normalized spacial score (nSPS) is 13.9. The molecule has 1 unspecified atom stereocenters. The van der Waals surface area contributed by atoms with Gasteiger partial charge in [0, 0.05) is 0 Å². The number of carbonyl (C=O) groups excluding carboxylic acids is 1. The highest BCUT2D eigenvalue weighted by Gasteiger charge is 2.25. The van der Waals surface area contributed by atoms with E-state index in [1.807, 2.05) is 30.3 Å². The predicted molar refractivity (Wildman–Crippen MR) is 68.0 cm³/mol. The number of hydrogen-bond donors (Lipinski definition) is 1. The van der Waals surface area contributed by atoms with Crippen LogP contribution in [-0.2, 0) is 20.9 Å². The number of ether oxygens (including phenoxy) is 2. The van der Waals surface area contributed by atoms with Crippen molar-refractivity contribution in [2.45, 2.75) is 32.5 Å². The number of aliphatic hydroxyl groups is 1. The van der Waals surface area contributed by atoms with Crippen molar-refractivity contribution >= 4 is 5.97 Å². The van der Waals surface area contributed by atoms with Crippen LogP contribution in [-0.4, -0.2) is 29.9 Å². The molecule has 4 nitrogen and oxygen atoms in total. The SMILES string of the molecule is CCOC(=O)CC(C)(O)COCc1ccccc1. The summed E-state index contributed by atoms with van der Waals surface area (Å²) >= 11 is 0. The molecular weight excluding hydrogens is 232 g/mol. The van der Waals surface area contributed by atoms with Crippen molar-refractivity contribution in [3.05, 3.63) is 35.9 Å². The third-order valence-electron chi connectivity index (χ3n) is 2.36. The lowest BCUT2D eigenvalue weighted by Crippen LogP contribution is -2.34. The van der Waals surface area contributed by atoms with Gasteiger partial charge in [0.25, 0.3) is 0 Å². The summed E-state index contributed by atoms with van der Waals surface area (Å²) in [5.41, 5.74) is -0.162. The van der Waals surface area contributed by atoms with Gasteiger partial charge in [-0.1, -0.05) is 30.3 Å². The van der Waals surface area contributed by atoms with Crippen LogP contribution >= 0.6 is 0 Å². The smallest absolute Gasteiger partial charge is 0.308 e. The summed E-state index contributed by atoms with van der Waals surface area (Å²) in [7, 11) is 0. The molecule has 0 aromatic heterocycles. The van der Waals surface area contributed by atoms with Crippen LogP contribution in [0, 0.1) is 0 Å². The first-order valence-electron chi connectivity index (χ1n) is 6.03. The lowest BCUT2D eigenvalue weighted by molar-refractivity contribution is -0.150. The van der Waals surface area contributed by atoms with E-state index in [-0.39, 0.29) is 13.0 Å². The summed E-state index contributed by atoms with van der Waals surface area (Å²) in [5, 5.41) is 9.96. The van der Waals surface area contributed by atoms with Crippen molar-refractivity contribution in [1.29, 1.82) is 0 Å². The maximum Gasteiger partial charge on any atom is 0.308 e. The van der Waals surface area contributed by atoms with Gasteiger partial charge in [-0.15, -0.1) is 0 Å². The molecule has 18 heavy (non-hydrogen) atoms. The van der Waals surface area contributed by atoms with Crippen molar-refractivity contribution in [3.63, 3.8) is 0 Å². The maximum absolute atomic E-state index is 11.3. The largest absolute Gasteiger partial charge is 0.466 e. The molecule has 0 aliphatic rings. The van der Waals surface area contributed by atoms with Crippen LogP contribution in [0.25, 0.3) is 0 Å². The Balaban J connectivity index is 2.31. The standard InChI is InChI=1S/C14H20O4/c1-3-18-13(15)9-14(2,16)11-17-10-12-7-5-4-6-8-12/h4-8,16H,3,9-11H2,1-2H3. The van der Waals surface area contributed by atoms with Gasteiger partial charge in [0.2, 0.25) is 0 Å². The highest BCUT2D eigenvalue weighted by atomic mass is 16.5. The maximum atomic E-state index is 11.3. The number of rotatable bonds is 7. The molecule has 1 atom stereocenters. The summed E-state index contributed by atoms with van der Waals surface area (Å²) in [4.78, 5) is 11.3. The molecule has 0 saturated heterocycles. The van der Waals surface area contributed by atoms with E-state index in [2.05, 4.69) is 0 Å². The Morgan fingerprint density at radius 2 is 2.00 bits per heavy atom. The monoisotopic (exact) mass is 252 g/mol. The van der Waals surface area contributed by atoms with Crippen LogP contribution < -0.4 is 0 Å². The predicted octanol–water partition coefficient (Wildman–Crippen LogP) is 1.91. The van der Waals surface area contributed by atoms with Gasteiger partial charge in [0.15, 0.2) is 0 Å². The first-order valence-corrected chi connectivity index (χ1v) is 6.03. The van der Waals surface area contributed by atoms with E-state index in [1.165, 1.54) is 0 Å². The van der Waals surface area contributed by atoms with Gasteiger partial charge in [-0.25, -0.2) is 0 Å². The molecule has 4 heteroatoms. The van der Waals surface area contributed by atoms with E-state index in [4.69, 9.17) is 9.47 Å². The second-order valence-corrected chi connectivity index (χ2v) is 4.46. The summed E-state index contributed by atoms with van der Waals surface area (Å²) in [6.45, 7) is 4.13. The van der Waals surface area contributed by atoms with Crippen LogP contribution in [0.1, 0.15) is 25.8 Å². The van der Waals surface area contributed by atoms with E-state index in [9.17, 15) is 9.90 Å². The van der Waals surface area contributed by atoms with Gasteiger partial charge in [-0.3, -0.25) is 4.79 Å². The fourth-order valence-electron chi connectivity index (χ4n) is 1.54. The molecule has 0 aliphatic heterocycles. The minimum Gasteiger partial charge on any atom is -0.466 e. The summed E-state index contributed by atoms with van der Waals surface area (Å²) in [6, 6.07) is 9.67. The van der Waals surface area contributed by atoms with Crippen LogP contribution in [0.2, 0.25) is 0 Å². The van der Waals surface area contributed by atoms with Crippen molar-refractivity contribution < 1.29 is 19.4 Å². The third kappa shape index (κ3) is 5.80. The average molecular weight is 252 g/mol. The molecule has 0 saturated carbocycles. The molecule has 0 heterocycles. The second kappa shape index (κ2) is 7.13. The van der Waals surface area contributed by atoms with E-state index < -0.39 is 11.6 Å². The zero-order chi connectivity index (χ0) is 13.4. The minimum atomic E-state index is -1.19. The van der Waals surface area contributed by atoms with Crippen molar-refractivity contribution in [2.24, 2.45) is 0 Å². The van der Waals surface area contributed by atoms with Gasteiger partial charge >= 0.3 is 5.97 Å². The van der Waals surface area contributed by atoms with Crippen LogP contribution in [0.5, 0.6) is 0 Å². The zero-order valence-corrected chi connectivity index (χ0v) is 10.9. The Bertz CT molecular complexity index is 359. The molecule has 1 N–H and O–H groups in total. The fourth-order valence-corrected chi connectivity index (χ4v) is 1.54. The van der Waals surface area contributed by atoms with Gasteiger partial charge in [0.05, 0.1) is 31.8 Å². The number of benzene rings is 1. The molecule has 1 aromatic carbocycles. The summed E-state index contributed by atoms with van der Waals surface area (Å²) in [5.74, 6) is -0.411. The van der Waals surface area contributed by atoms with Crippen molar-refractivity contribution in [1.82, 2.24) is 0 Å². The molecule has 1 rings (SSSR count). The first kappa shape index (κ1) is 14.7. The lowest BCUT2D eigenvalue weighted by Gasteiger charge is -2.21. The zero-order valence-electron chi connectivity index (χ0n) is 10.9. The van der Waals surface area contributed by atoms with Crippen LogP contribution in [0.4, 0.5) is 0 Å². The van der Waals surface area contributed by atoms with E-state index in [0.29, 0.717) is 13.2 Å². The average Bonchev–Trinajstić information content (AvgIpc) is 2.29.